The minimum atomic E-state index is -0.169. The molecule has 24 heavy (non-hydrogen) atoms. The van der Waals surface area contributed by atoms with Crippen molar-refractivity contribution in [3.63, 3.8) is 0 Å². The van der Waals surface area contributed by atoms with E-state index in [2.05, 4.69) is 22.1 Å². The lowest BCUT2D eigenvalue weighted by atomic mass is 10.0. The molecule has 0 N–H and O–H groups in total. The molecule has 0 amide bonds. The van der Waals surface area contributed by atoms with Crippen molar-refractivity contribution in [2.24, 2.45) is 0 Å². The number of ether oxygens (including phenoxy) is 1. The van der Waals surface area contributed by atoms with E-state index in [0.29, 0.717) is 10.7 Å². The number of likely N-dealkylation sites (tertiary alicyclic amines) is 1. The summed E-state index contributed by atoms with van der Waals surface area (Å²) in [6.07, 6.45) is 4.84. The zero-order chi connectivity index (χ0) is 16.9. The van der Waals surface area contributed by atoms with E-state index in [9.17, 15) is 4.79 Å². The van der Waals surface area contributed by atoms with Gasteiger partial charge in [-0.2, -0.15) is 0 Å². The van der Waals surface area contributed by atoms with E-state index in [1.807, 2.05) is 12.1 Å². The zero-order valence-corrected chi connectivity index (χ0v) is 14.4. The molecule has 0 spiro atoms. The second kappa shape index (κ2) is 7.77. The second-order valence-electron chi connectivity index (χ2n) is 5.88. The van der Waals surface area contributed by atoms with Crippen LogP contribution in [0, 0.1) is 0 Å². The topological polar surface area (TPSA) is 60.2 Å². The van der Waals surface area contributed by atoms with Crippen LogP contribution in [0.4, 0.5) is 0 Å². The van der Waals surface area contributed by atoms with Gasteiger partial charge >= 0.3 is 5.97 Å². The highest BCUT2D eigenvalue weighted by Crippen LogP contribution is 2.18. The van der Waals surface area contributed by atoms with Gasteiger partial charge in [-0.3, -0.25) is 9.69 Å². The third-order valence-corrected chi connectivity index (χ3v) is 4.54. The van der Waals surface area contributed by atoms with E-state index in [4.69, 9.17) is 16.3 Å². The normalized spacial score (nSPS) is 18.5. The summed E-state index contributed by atoms with van der Waals surface area (Å²) in [7, 11) is 0. The number of piperidine rings is 1. The van der Waals surface area contributed by atoms with E-state index < -0.39 is 0 Å². The van der Waals surface area contributed by atoms with E-state index in [-0.39, 0.29) is 18.6 Å². The molecule has 1 atom stereocenters. The first-order chi connectivity index (χ1) is 11.7. The molecule has 3 rings (SSSR count). The van der Waals surface area contributed by atoms with Crippen molar-refractivity contribution in [3.8, 4) is 5.69 Å². The molecule has 0 unspecified atom stereocenters. The van der Waals surface area contributed by atoms with Gasteiger partial charge in [0.1, 0.15) is 18.3 Å². The predicted molar refractivity (Wildman–Crippen MR) is 91.1 cm³/mol. The van der Waals surface area contributed by atoms with Gasteiger partial charge in [0.15, 0.2) is 0 Å². The number of benzene rings is 1. The summed E-state index contributed by atoms with van der Waals surface area (Å²) in [5.41, 5.74) is 1.48. The number of nitrogens with zero attached hydrogens (tertiary/aromatic N) is 4. The van der Waals surface area contributed by atoms with Crippen LogP contribution >= 0.6 is 11.6 Å². The molecule has 0 aliphatic carbocycles. The number of hydrogen-bond donors (Lipinski definition) is 0. The maximum atomic E-state index is 12.3. The van der Waals surface area contributed by atoms with Crippen molar-refractivity contribution in [2.75, 3.05) is 13.1 Å². The third kappa shape index (κ3) is 3.94. The van der Waals surface area contributed by atoms with Crippen molar-refractivity contribution < 1.29 is 9.53 Å². The Balaban J connectivity index is 1.59. The SMILES string of the molecule is CCN1CCCC[C@@H]1C(=O)OCc1cn(-c2ccc(Cl)cc2)nn1. The fraction of sp³-hybridized carbons (Fsp3) is 0.471. The zero-order valence-electron chi connectivity index (χ0n) is 13.7. The smallest absolute Gasteiger partial charge is 0.323 e. The van der Waals surface area contributed by atoms with Gasteiger partial charge in [0.25, 0.3) is 0 Å². The van der Waals surface area contributed by atoms with Gasteiger partial charge < -0.3 is 4.74 Å². The van der Waals surface area contributed by atoms with Crippen LogP contribution in [0.1, 0.15) is 31.9 Å². The maximum absolute atomic E-state index is 12.3. The number of esters is 1. The van der Waals surface area contributed by atoms with Gasteiger partial charge in [0, 0.05) is 5.02 Å². The second-order valence-corrected chi connectivity index (χ2v) is 6.32. The van der Waals surface area contributed by atoms with Crippen LogP contribution in [0.2, 0.25) is 5.02 Å². The van der Waals surface area contributed by atoms with E-state index in [1.54, 1.807) is 23.0 Å². The Labute approximate surface area is 146 Å². The van der Waals surface area contributed by atoms with Crippen molar-refractivity contribution in [3.05, 3.63) is 41.2 Å². The molecule has 0 bridgehead atoms. The average molecular weight is 349 g/mol. The van der Waals surface area contributed by atoms with Crippen LogP contribution in [0.5, 0.6) is 0 Å². The van der Waals surface area contributed by atoms with Gasteiger partial charge in [0.2, 0.25) is 0 Å². The van der Waals surface area contributed by atoms with E-state index >= 15 is 0 Å². The lowest BCUT2D eigenvalue weighted by Crippen LogP contribution is -2.45. The molecule has 7 heteroatoms. The highest BCUT2D eigenvalue weighted by molar-refractivity contribution is 6.30. The molecule has 6 nitrogen and oxygen atoms in total. The summed E-state index contributed by atoms with van der Waals surface area (Å²) in [4.78, 5) is 14.5. The Bertz CT molecular complexity index is 686. The minimum Gasteiger partial charge on any atom is -0.458 e. The monoisotopic (exact) mass is 348 g/mol. The molecule has 2 aromatic rings. The summed E-state index contributed by atoms with van der Waals surface area (Å²) in [5.74, 6) is -0.169. The van der Waals surface area contributed by atoms with Crippen LogP contribution < -0.4 is 0 Å². The average Bonchev–Trinajstić information content (AvgIpc) is 3.09. The Morgan fingerprint density at radius 3 is 2.88 bits per heavy atom. The maximum Gasteiger partial charge on any atom is 0.323 e. The predicted octanol–water partition coefficient (Wildman–Crippen LogP) is 2.84. The first kappa shape index (κ1) is 16.9. The molecule has 1 aliphatic rings. The first-order valence-corrected chi connectivity index (χ1v) is 8.63. The van der Waals surface area contributed by atoms with Gasteiger partial charge in [-0.1, -0.05) is 30.2 Å². The molecule has 128 valence electrons. The van der Waals surface area contributed by atoms with Crippen LogP contribution in [0.15, 0.2) is 30.5 Å². The molecule has 1 fully saturated rings. The Morgan fingerprint density at radius 2 is 2.12 bits per heavy atom. The van der Waals surface area contributed by atoms with Crippen molar-refractivity contribution in [1.29, 1.82) is 0 Å². The Hall–Kier alpha value is -1.92. The molecular weight excluding hydrogens is 328 g/mol. The largest absolute Gasteiger partial charge is 0.458 e. The number of likely N-dealkylation sites (N-methyl/N-ethyl adjacent to an activating group) is 1. The van der Waals surface area contributed by atoms with Gasteiger partial charge in [-0.25, -0.2) is 4.68 Å². The summed E-state index contributed by atoms with van der Waals surface area (Å²) < 4.78 is 7.09. The summed E-state index contributed by atoms with van der Waals surface area (Å²) in [6.45, 7) is 4.04. The van der Waals surface area contributed by atoms with Gasteiger partial charge in [-0.15, -0.1) is 5.10 Å². The number of halogens is 1. The number of carbonyl (C=O) groups excluding carboxylic acids is 1. The molecule has 1 aliphatic heterocycles. The van der Waals surface area contributed by atoms with E-state index in [1.165, 1.54) is 0 Å². The van der Waals surface area contributed by atoms with Crippen molar-refractivity contribution in [1.82, 2.24) is 19.9 Å². The summed E-state index contributed by atoms with van der Waals surface area (Å²) >= 11 is 5.88. The molecular formula is C17H21ClN4O2. The summed E-state index contributed by atoms with van der Waals surface area (Å²) in [5, 5.41) is 8.79. The highest BCUT2D eigenvalue weighted by Gasteiger charge is 2.28. The number of carbonyl (C=O) groups is 1. The fourth-order valence-electron chi connectivity index (χ4n) is 2.96. The minimum absolute atomic E-state index is 0.130. The standard InChI is InChI=1S/C17H21ClN4O2/c1-2-21-10-4-3-5-16(21)17(23)24-12-14-11-22(20-19-14)15-8-6-13(18)7-9-15/h6-9,11,16H,2-5,10,12H2,1H3/t16-/m1/s1. The molecule has 0 radical (unpaired) electrons. The van der Waals surface area contributed by atoms with Crippen molar-refractivity contribution >= 4 is 17.6 Å². The van der Waals surface area contributed by atoms with Crippen LogP contribution in [0.3, 0.4) is 0 Å². The highest BCUT2D eigenvalue weighted by atomic mass is 35.5. The summed E-state index contributed by atoms with van der Waals surface area (Å²) in [6, 6.07) is 7.17. The van der Waals surface area contributed by atoms with Crippen molar-refractivity contribution in [2.45, 2.75) is 38.8 Å². The lowest BCUT2D eigenvalue weighted by molar-refractivity contribution is -0.152. The Morgan fingerprint density at radius 1 is 1.33 bits per heavy atom. The molecule has 1 saturated heterocycles. The van der Waals surface area contributed by atoms with Crippen LogP contribution in [0.25, 0.3) is 5.69 Å². The quantitative estimate of drug-likeness (QED) is 0.777. The number of hydrogen-bond acceptors (Lipinski definition) is 5. The molecule has 1 aromatic heterocycles. The molecule has 2 heterocycles. The van der Waals surface area contributed by atoms with Gasteiger partial charge in [-0.05, 0) is 50.2 Å². The van der Waals surface area contributed by atoms with Crippen LogP contribution in [-0.2, 0) is 16.1 Å². The van der Waals surface area contributed by atoms with Gasteiger partial charge in [0.05, 0.1) is 11.9 Å². The molecule has 0 saturated carbocycles. The van der Waals surface area contributed by atoms with E-state index in [0.717, 1.165) is 38.0 Å². The molecule has 1 aromatic carbocycles. The van der Waals surface area contributed by atoms with Crippen LogP contribution in [-0.4, -0.2) is 45.0 Å². The first-order valence-electron chi connectivity index (χ1n) is 8.25. The Kier molecular flexibility index (Phi) is 5.48. The lowest BCUT2D eigenvalue weighted by Gasteiger charge is -2.32. The number of rotatable bonds is 5. The third-order valence-electron chi connectivity index (χ3n) is 4.29. The number of aromatic nitrogens is 3. The fourth-order valence-corrected chi connectivity index (χ4v) is 3.09.